The monoisotopic (exact) mass is 348 g/mol. The SMILES string of the molecule is CCO[Si](OCC)(OCC)SP(=S)(OCC)OCC. The van der Waals surface area contributed by atoms with Crippen molar-refractivity contribution in [3.05, 3.63) is 0 Å². The van der Waals surface area contributed by atoms with E-state index >= 15 is 0 Å². The van der Waals surface area contributed by atoms with E-state index in [1.165, 1.54) is 10.8 Å². The van der Waals surface area contributed by atoms with E-state index in [2.05, 4.69) is 0 Å². The van der Waals surface area contributed by atoms with Gasteiger partial charge in [-0.3, -0.25) is 0 Å². The third-order valence-electron chi connectivity index (χ3n) is 1.76. The third kappa shape index (κ3) is 7.54. The fourth-order valence-corrected chi connectivity index (χ4v) is 15.1. The lowest BCUT2D eigenvalue weighted by Crippen LogP contribution is -2.42. The predicted octanol–water partition coefficient (Wildman–Crippen LogP) is 3.56. The molecule has 5 nitrogen and oxygen atoms in total. The summed E-state index contributed by atoms with van der Waals surface area (Å²) in [6.45, 7) is 12.0. The highest BCUT2D eigenvalue weighted by molar-refractivity contribution is 8.78. The number of hydrogen-bond acceptors (Lipinski definition) is 7. The standard InChI is InChI=1S/C10H25O5PS2Si/c1-6-11-16(17,12-7-2)18-19(13-8-3,14-9-4)15-10-5/h6-10H2,1-5H3. The van der Waals surface area contributed by atoms with Crippen LogP contribution in [0.2, 0.25) is 0 Å². The van der Waals surface area contributed by atoms with Gasteiger partial charge in [-0.1, -0.05) is 0 Å². The van der Waals surface area contributed by atoms with Crippen LogP contribution in [0, 0.1) is 0 Å². The summed E-state index contributed by atoms with van der Waals surface area (Å²) in [6, 6.07) is 0. The van der Waals surface area contributed by atoms with Crippen LogP contribution in [0.1, 0.15) is 34.6 Å². The van der Waals surface area contributed by atoms with E-state index in [0.29, 0.717) is 33.0 Å². The summed E-state index contributed by atoms with van der Waals surface area (Å²) in [5, 5.41) is 0. The van der Waals surface area contributed by atoms with Gasteiger partial charge in [-0.05, 0) is 57.3 Å². The van der Waals surface area contributed by atoms with Gasteiger partial charge >= 0.3 is 7.95 Å². The van der Waals surface area contributed by atoms with E-state index in [1.54, 1.807) is 0 Å². The Kier molecular flexibility index (Phi) is 11.3. The maximum absolute atomic E-state index is 5.76. The molecule has 0 bridgehead atoms. The van der Waals surface area contributed by atoms with Crippen molar-refractivity contribution in [2.75, 3.05) is 33.0 Å². The minimum atomic E-state index is -2.89. The molecule has 9 heteroatoms. The first-order valence-corrected chi connectivity index (χ1v) is 13.0. The van der Waals surface area contributed by atoms with Crippen LogP contribution in [0.25, 0.3) is 0 Å². The highest BCUT2D eigenvalue weighted by Gasteiger charge is 2.48. The molecule has 0 rings (SSSR count). The highest BCUT2D eigenvalue weighted by Crippen LogP contribution is 2.64. The molecule has 116 valence electrons. The van der Waals surface area contributed by atoms with Crippen LogP contribution in [0.5, 0.6) is 0 Å². The molecular formula is C10H25O5PS2Si. The third-order valence-corrected chi connectivity index (χ3v) is 15.0. The van der Waals surface area contributed by atoms with Gasteiger partial charge < -0.3 is 22.3 Å². The zero-order chi connectivity index (χ0) is 14.8. The molecule has 0 aromatic carbocycles. The summed E-state index contributed by atoms with van der Waals surface area (Å²) in [5.74, 6) is 0. The molecule has 0 fully saturated rings. The maximum Gasteiger partial charge on any atom is 0.582 e. The molecule has 0 spiro atoms. The lowest BCUT2D eigenvalue weighted by molar-refractivity contribution is 0.0969. The van der Waals surface area contributed by atoms with E-state index in [9.17, 15) is 0 Å². The fourth-order valence-electron chi connectivity index (χ4n) is 1.28. The summed E-state index contributed by atoms with van der Waals surface area (Å²) in [7, 11) is -1.58. The molecule has 0 saturated carbocycles. The summed E-state index contributed by atoms with van der Waals surface area (Å²) in [5.41, 5.74) is -2.49. The van der Waals surface area contributed by atoms with Gasteiger partial charge in [-0.2, -0.15) is 0 Å². The van der Waals surface area contributed by atoms with Crippen molar-refractivity contribution in [2.45, 2.75) is 34.6 Å². The second-order valence-corrected chi connectivity index (χ2v) is 13.9. The van der Waals surface area contributed by atoms with Gasteiger partial charge in [0.2, 0.25) is 5.69 Å². The largest absolute Gasteiger partial charge is 0.582 e. The van der Waals surface area contributed by atoms with Gasteiger partial charge in [-0.15, -0.1) is 0 Å². The Morgan fingerprint density at radius 1 is 0.789 bits per heavy atom. The Bertz CT molecular complexity index is 256. The van der Waals surface area contributed by atoms with Gasteiger partial charge in [0.05, 0.1) is 13.2 Å². The van der Waals surface area contributed by atoms with Gasteiger partial charge in [-0.25, -0.2) is 0 Å². The molecule has 0 aromatic heterocycles. The van der Waals surface area contributed by atoms with Crippen LogP contribution in [0.3, 0.4) is 0 Å². The topological polar surface area (TPSA) is 46.2 Å². The van der Waals surface area contributed by atoms with E-state index < -0.39 is 13.6 Å². The van der Waals surface area contributed by atoms with E-state index in [-0.39, 0.29) is 0 Å². The van der Waals surface area contributed by atoms with E-state index in [0.717, 1.165) is 0 Å². The van der Waals surface area contributed by atoms with Crippen molar-refractivity contribution in [1.29, 1.82) is 0 Å². The predicted molar refractivity (Wildman–Crippen MR) is 85.8 cm³/mol. The Hall–Kier alpha value is 1.02. The minimum Gasteiger partial charge on any atom is -0.365 e. The molecule has 0 aliphatic rings. The Morgan fingerprint density at radius 2 is 1.16 bits per heavy atom. The molecule has 0 aromatic rings. The molecule has 0 radical (unpaired) electrons. The Labute approximate surface area is 126 Å². The molecule has 0 saturated heterocycles. The van der Waals surface area contributed by atoms with Crippen molar-refractivity contribution >= 4 is 36.3 Å². The van der Waals surface area contributed by atoms with Crippen LogP contribution in [-0.2, 0) is 34.1 Å². The smallest absolute Gasteiger partial charge is 0.365 e. The van der Waals surface area contributed by atoms with Crippen LogP contribution >= 0.6 is 16.5 Å². The van der Waals surface area contributed by atoms with E-state index in [1.807, 2.05) is 34.6 Å². The van der Waals surface area contributed by atoms with Gasteiger partial charge in [0, 0.05) is 19.8 Å². The zero-order valence-electron chi connectivity index (χ0n) is 12.3. The average molecular weight is 348 g/mol. The van der Waals surface area contributed by atoms with Crippen molar-refractivity contribution in [3.8, 4) is 0 Å². The quantitative estimate of drug-likeness (QED) is 0.395. The molecule has 0 aliphatic carbocycles. The summed E-state index contributed by atoms with van der Waals surface area (Å²) < 4.78 is 28.5. The first kappa shape index (κ1) is 20.0. The molecule has 0 aliphatic heterocycles. The number of hydrogen-bond donors (Lipinski definition) is 0. The fraction of sp³-hybridized carbons (Fsp3) is 1.00. The first-order chi connectivity index (χ1) is 9.01. The average Bonchev–Trinajstić information content (AvgIpc) is 2.30. The summed E-state index contributed by atoms with van der Waals surface area (Å²) >= 11 is 5.52. The molecule has 0 unspecified atom stereocenters. The Balaban J connectivity index is 5.05. The molecule has 0 atom stereocenters. The highest BCUT2D eigenvalue weighted by atomic mass is 33.0. The zero-order valence-corrected chi connectivity index (χ0v) is 15.9. The van der Waals surface area contributed by atoms with Gasteiger partial charge in [0.15, 0.2) is 0 Å². The number of rotatable bonds is 12. The molecule has 0 heterocycles. The maximum atomic E-state index is 5.76. The summed E-state index contributed by atoms with van der Waals surface area (Å²) in [4.78, 5) is 0. The Morgan fingerprint density at radius 3 is 1.42 bits per heavy atom. The van der Waals surface area contributed by atoms with Crippen LogP contribution in [-0.4, -0.2) is 41.0 Å². The lowest BCUT2D eigenvalue weighted by Gasteiger charge is -2.31. The molecular weight excluding hydrogens is 323 g/mol. The summed E-state index contributed by atoms with van der Waals surface area (Å²) in [6.07, 6.45) is 0. The molecule has 19 heavy (non-hydrogen) atoms. The van der Waals surface area contributed by atoms with Crippen molar-refractivity contribution in [2.24, 2.45) is 0 Å². The molecule has 0 amide bonds. The van der Waals surface area contributed by atoms with Crippen molar-refractivity contribution in [3.63, 3.8) is 0 Å². The second-order valence-electron chi connectivity index (χ2n) is 3.17. The lowest BCUT2D eigenvalue weighted by atomic mass is 10.9. The second kappa shape index (κ2) is 10.7. The first-order valence-electron chi connectivity index (χ1n) is 6.53. The van der Waals surface area contributed by atoms with Crippen molar-refractivity contribution < 1.29 is 22.3 Å². The van der Waals surface area contributed by atoms with Crippen LogP contribution in [0.15, 0.2) is 0 Å². The van der Waals surface area contributed by atoms with Crippen LogP contribution < -0.4 is 0 Å². The van der Waals surface area contributed by atoms with Gasteiger partial charge in [0.25, 0.3) is 0 Å². The normalized spacial score (nSPS) is 12.9. The van der Waals surface area contributed by atoms with Crippen molar-refractivity contribution in [1.82, 2.24) is 0 Å². The minimum absolute atomic E-state index is 0.499. The van der Waals surface area contributed by atoms with E-state index in [4.69, 9.17) is 34.1 Å². The molecule has 0 N–H and O–H groups in total. The van der Waals surface area contributed by atoms with Gasteiger partial charge in [0.1, 0.15) is 0 Å². The van der Waals surface area contributed by atoms with Crippen LogP contribution in [0.4, 0.5) is 0 Å².